The monoisotopic (exact) mass is 276 g/mol. The van der Waals surface area contributed by atoms with Crippen molar-refractivity contribution in [2.75, 3.05) is 33.3 Å². The number of hydrogen-bond donors (Lipinski definition) is 1. The summed E-state index contributed by atoms with van der Waals surface area (Å²) >= 11 is 0. The van der Waals surface area contributed by atoms with Crippen molar-refractivity contribution in [2.45, 2.75) is 19.8 Å². The molecule has 0 bridgehead atoms. The highest BCUT2D eigenvalue weighted by atomic mass is 16.5. The molecule has 0 aromatic heterocycles. The van der Waals surface area contributed by atoms with Gasteiger partial charge in [0.15, 0.2) is 0 Å². The molecule has 1 unspecified atom stereocenters. The van der Waals surface area contributed by atoms with E-state index in [2.05, 4.69) is 12.2 Å². The Bertz CT molecular complexity index is 448. The van der Waals surface area contributed by atoms with Crippen molar-refractivity contribution in [3.63, 3.8) is 0 Å². The summed E-state index contributed by atoms with van der Waals surface area (Å²) in [6.07, 6.45) is 2.05. The van der Waals surface area contributed by atoms with Gasteiger partial charge in [0.05, 0.1) is 6.61 Å². The Labute approximate surface area is 121 Å². The molecule has 1 aromatic carbocycles. The molecule has 20 heavy (non-hydrogen) atoms. The minimum atomic E-state index is 0.116. The van der Waals surface area contributed by atoms with Gasteiger partial charge < -0.3 is 15.0 Å². The van der Waals surface area contributed by atoms with Crippen LogP contribution < -0.4 is 10.1 Å². The Morgan fingerprint density at radius 1 is 1.50 bits per heavy atom. The van der Waals surface area contributed by atoms with E-state index in [0.29, 0.717) is 12.5 Å². The molecule has 1 heterocycles. The predicted octanol–water partition coefficient (Wildman–Crippen LogP) is 2.16. The molecule has 0 radical (unpaired) electrons. The van der Waals surface area contributed by atoms with Crippen LogP contribution in [0.2, 0.25) is 0 Å². The van der Waals surface area contributed by atoms with Crippen LogP contribution in [0.15, 0.2) is 24.3 Å². The van der Waals surface area contributed by atoms with Crippen LogP contribution in [0.4, 0.5) is 0 Å². The zero-order chi connectivity index (χ0) is 14.4. The molecule has 1 fully saturated rings. The van der Waals surface area contributed by atoms with Gasteiger partial charge in [-0.3, -0.25) is 4.79 Å². The number of carbonyl (C=O) groups is 1. The molecule has 1 atom stereocenters. The number of nitrogens with zero attached hydrogens (tertiary/aromatic N) is 1. The minimum Gasteiger partial charge on any atom is -0.494 e. The molecule has 0 spiro atoms. The Hall–Kier alpha value is -1.55. The van der Waals surface area contributed by atoms with Crippen molar-refractivity contribution in [1.29, 1.82) is 0 Å². The maximum Gasteiger partial charge on any atom is 0.253 e. The van der Waals surface area contributed by atoms with Gasteiger partial charge in [0.25, 0.3) is 5.91 Å². The van der Waals surface area contributed by atoms with Gasteiger partial charge in [-0.25, -0.2) is 0 Å². The van der Waals surface area contributed by atoms with Crippen LogP contribution in [0.5, 0.6) is 5.75 Å². The number of nitrogens with one attached hydrogen (secondary N) is 1. The number of likely N-dealkylation sites (tertiary alicyclic amines) is 1. The first kappa shape index (κ1) is 14.9. The highest BCUT2D eigenvalue weighted by Gasteiger charge is 2.26. The lowest BCUT2D eigenvalue weighted by atomic mass is 10.1. The average Bonchev–Trinajstić information content (AvgIpc) is 2.93. The van der Waals surface area contributed by atoms with E-state index in [0.717, 1.165) is 43.8 Å². The predicted molar refractivity (Wildman–Crippen MR) is 80.2 cm³/mol. The number of ether oxygens (including phenoxy) is 1. The van der Waals surface area contributed by atoms with Crippen molar-refractivity contribution in [1.82, 2.24) is 10.2 Å². The summed E-state index contributed by atoms with van der Waals surface area (Å²) in [6, 6.07) is 7.51. The number of hydrogen-bond acceptors (Lipinski definition) is 3. The molecule has 4 nitrogen and oxygen atoms in total. The molecule has 1 aliphatic heterocycles. The van der Waals surface area contributed by atoms with Crippen LogP contribution in [-0.2, 0) is 0 Å². The zero-order valence-corrected chi connectivity index (χ0v) is 12.4. The van der Waals surface area contributed by atoms with Crippen LogP contribution >= 0.6 is 0 Å². The summed E-state index contributed by atoms with van der Waals surface area (Å²) in [4.78, 5) is 14.4. The van der Waals surface area contributed by atoms with Crippen LogP contribution in [0.3, 0.4) is 0 Å². The smallest absolute Gasteiger partial charge is 0.253 e. The summed E-state index contributed by atoms with van der Waals surface area (Å²) < 4.78 is 5.59. The van der Waals surface area contributed by atoms with E-state index in [1.54, 1.807) is 0 Å². The van der Waals surface area contributed by atoms with Gasteiger partial charge in [-0.05, 0) is 50.6 Å². The Morgan fingerprint density at radius 3 is 3.10 bits per heavy atom. The molecule has 1 N–H and O–H groups in total. The summed E-state index contributed by atoms with van der Waals surface area (Å²) in [5.74, 6) is 1.47. The molecule has 2 rings (SSSR count). The molecule has 0 aliphatic carbocycles. The van der Waals surface area contributed by atoms with Crippen molar-refractivity contribution in [2.24, 2.45) is 5.92 Å². The normalized spacial score (nSPS) is 18.3. The van der Waals surface area contributed by atoms with Crippen LogP contribution in [0.1, 0.15) is 30.1 Å². The third-order valence-electron chi connectivity index (χ3n) is 3.62. The number of rotatable bonds is 6. The maximum atomic E-state index is 12.5. The Kier molecular flexibility index (Phi) is 5.41. The van der Waals surface area contributed by atoms with E-state index >= 15 is 0 Å². The lowest BCUT2D eigenvalue weighted by Crippen LogP contribution is -2.30. The van der Waals surface area contributed by atoms with Gasteiger partial charge in [0.1, 0.15) is 5.75 Å². The van der Waals surface area contributed by atoms with Crippen LogP contribution in [0.25, 0.3) is 0 Å². The van der Waals surface area contributed by atoms with Crippen molar-refractivity contribution >= 4 is 5.91 Å². The quantitative estimate of drug-likeness (QED) is 0.865. The number of benzene rings is 1. The first-order valence-corrected chi connectivity index (χ1v) is 7.41. The van der Waals surface area contributed by atoms with Gasteiger partial charge in [-0.15, -0.1) is 0 Å². The lowest BCUT2D eigenvalue weighted by molar-refractivity contribution is 0.0786. The fourth-order valence-electron chi connectivity index (χ4n) is 2.59. The Morgan fingerprint density at radius 2 is 2.35 bits per heavy atom. The van der Waals surface area contributed by atoms with Gasteiger partial charge in [0, 0.05) is 18.7 Å². The Balaban J connectivity index is 1.98. The number of carbonyl (C=O) groups excluding carboxylic acids is 1. The first-order chi connectivity index (χ1) is 9.74. The summed E-state index contributed by atoms with van der Waals surface area (Å²) in [5.41, 5.74) is 0.726. The van der Waals surface area contributed by atoms with E-state index in [1.807, 2.05) is 36.2 Å². The van der Waals surface area contributed by atoms with Crippen molar-refractivity contribution in [3.05, 3.63) is 29.8 Å². The molecule has 0 saturated carbocycles. The minimum absolute atomic E-state index is 0.116. The molecular weight excluding hydrogens is 252 g/mol. The molecule has 4 heteroatoms. The largest absolute Gasteiger partial charge is 0.494 e. The van der Waals surface area contributed by atoms with Crippen molar-refractivity contribution < 1.29 is 9.53 Å². The third-order valence-corrected chi connectivity index (χ3v) is 3.62. The standard InChI is InChI=1S/C16H24N2O2/c1-3-9-20-15-6-4-5-14(10-15)16(19)18-8-7-13(12-18)11-17-2/h4-6,10,13,17H,3,7-9,11-12H2,1-2H3. The van der Waals surface area contributed by atoms with Gasteiger partial charge in [-0.2, -0.15) is 0 Å². The maximum absolute atomic E-state index is 12.5. The third kappa shape index (κ3) is 3.73. The summed E-state index contributed by atoms with van der Waals surface area (Å²) in [6.45, 7) is 5.43. The highest BCUT2D eigenvalue weighted by Crippen LogP contribution is 2.20. The summed E-state index contributed by atoms with van der Waals surface area (Å²) in [7, 11) is 1.96. The van der Waals surface area contributed by atoms with Gasteiger partial charge >= 0.3 is 0 Å². The fourth-order valence-corrected chi connectivity index (χ4v) is 2.59. The van der Waals surface area contributed by atoms with E-state index in [1.165, 1.54) is 0 Å². The topological polar surface area (TPSA) is 41.6 Å². The second kappa shape index (κ2) is 7.29. The highest BCUT2D eigenvalue weighted by molar-refractivity contribution is 5.94. The van der Waals surface area contributed by atoms with E-state index in [-0.39, 0.29) is 5.91 Å². The molecule has 1 saturated heterocycles. The molecule has 1 amide bonds. The fraction of sp³-hybridized carbons (Fsp3) is 0.562. The molecular formula is C16H24N2O2. The second-order valence-corrected chi connectivity index (χ2v) is 5.34. The zero-order valence-electron chi connectivity index (χ0n) is 12.4. The average molecular weight is 276 g/mol. The van der Waals surface area contributed by atoms with Crippen molar-refractivity contribution in [3.8, 4) is 5.75 Å². The van der Waals surface area contributed by atoms with E-state index < -0.39 is 0 Å². The first-order valence-electron chi connectivity index (χ1n) is 7.41. The number of amides is 1. The summed E-state index contributed by atoms with van der Waals surface area (Å²) in [5, 5.41) is 3.18. The van der Waals surface area contributed by atoms with E-state index in [9.17, 15) is 4.79 Å². The van der Waals surface area contributed by atoms with Gasteiger partial charge in [-0.1, -0.05) is 13.0 Å². The van der Waals surface area contributed by atoms with Gasteiger partial charge in [0.2, 0.25) is 0 Å². The van der Waals surface area contributed by atoms with Crippen LogP contribution in [0, 0.1) is 5.92 Å². The lowest BCUT2D eigenvalue weighted by Gasteiger charge is -2.17. The SMILES string of the molecule is CCCOc1cccc(C(=O)N2CCC(CNC)C2)c1. The van der Waals surface area contributed by atoms with E-state index in [4.69, 9.17) is 4.74 Å². The molecule has 110 valence electrons. The van der Waals surface area contributed by atoms with Crippen LogP contribution in [-0.4, -0.2) is 44.1 Å². The second-order valence-electron chi connectivity index (χ2n) is 5.34. The molecule has 1 aromatic rings. The molecule has 1 aliphatic rings.